The van der Waals surface area contributed by atoms with Crippen LogP contribution in [-0.4, -0.2) is 20.1 Å². The van der Waals surface area contributed by atoms with Crippen molar-refractivity contribution in [3.05, 3.63) is 58.6 Å². The first-order chi connectivity index (χ1) is 9.94. The van der Waals surface area contributed by atoms with E-state index in [0.29, 0.717) is 10.0 Å². The summed E-state index contributed by atoms with van der Waals surface area (Å²) in [7, 11) is -3.84. The fourth-order valence-electron chi connectivity index (χ4n) is 1.89. The number of rotatable bonds is 5. The van der Waals surface area contributed by atoms with Gasteiger partial charge >= 0.3 is 0 Å². The highest BCUT2D eigenvalue weighted by Gasteiger charge is 2.23. The molecule has 4 N–H and O–H groups in total. The maximum atomic E-state index is 12.4. The lowest BCUT2D eigenvalue weighted by Gasteiger charge is -2.17. The summed E-state index contributed by atoms with van der Waals surface area (Å²) in [6, 6.07) is 12.7. The van der Waals surface area contributed by atoms with Gasteiger partial charge in [-0.1, -0.05) is 46.3 Å². The van der Waals surface area contributed by atoms with E-state index in [1.54, 1.807) is 30.3 Å². The van der Waals surface area contributed by atoms with Gasteiger partial charge in [0.15, 0.2) is 0 Å². The predicted molar refractivity (Wildman–Crippen MR) is 85.1 cm³/mol. The van der Waals surface area contributed by atoms with Gasteiger partial charge in [-0.25, -0.2) is 13.1 Å². The van der Waals surface area contributed by atoms with E-state index < -0.39 is 16.1 Å². The summed E-state index contributed by atoms with van der Waals surface area (Å²) in [6.45, 7) is -0.350. The Balaban J connectivity index is 2.34. The summed E-state index contributed by atoms with van der Waals surface area (Å²) in [5.74, 6) is 0. The number of hydrogen-bond donors (Lipinski definition) is 3. The van der Waals surface area contributed by atoms with E-state index in [9.17, 15) is 13.5 Å². The van der Waals surface area contributed by atoms with Crippen molar-refractivity contribution < 1.29 is 13.5 Å². The highest BCUT2D eigenvalue weighted by molar-refractivity contribution is 9.10. The maximum Gasteiger partial charge on any atom is 0.243 e. The molecule has 0 amide bonds. The lowest BCUT2D eigenvalue weighted by Crippen LogP contribution is -2.31. The van der Waals surface area contributed by atoms with Gasteiger partial charge in [-0.15, -0.1) is 0 Å². The van der Waals surface area contributed by atoms with E-state index in [0.717, 1.165) is 0 Å². The Bertz CT molecular complexity index is 720. The lowest BCUT2D eigenvalue weighted by atomic mass is 10.1. The van der Waals surface area contributed by atoms with E-state index in [-0.39, 0.29) is 17.2 Å². The summed E-state index contributed by atoms with van der Waals surface area (Å²) >= 11 is 3.22. The van der Waals surface area contributed by atoms with Crippen LogP contribution in [0, 0.1) is 0 Å². The third-order valence-corrected chi connectivity index (χ3v) is 4.97. The average Bonchev–Trinajstić information content (AvgIpc) is 2.48. The van der Waals surface area contributed by atoms with Crippen LogP contribution in [0.2, 0.25) is 0 Å². The molecule has 0 spiro atoms. The van der Waals surface area contributed by atoms with E-state index in [1.807, 2.05) is 6.07 Å². The van der Waals surface area contributed by atoms with Crippen LogP contribution in [0.4, 0.5) is 5.69 Å². The van der Waals surface area contributed by atoms with Crippen LogP contribution >= 0.6 is 15.9 Å². The van der Waals surface area contributed by atoms with Crippen LogP contribution in [0.25, 0.3) is 0 Å². The molecule has 0 aromatic heterocycles. The number of nitrogens with two attached hydrogens (primary N) is 1. The highest BCUT2D eigenvalue weighted by Crippen LogP contribution is 2.24. The van der Waals surface area contributed by atoms with Gasteiger partial charge in [-0.05, 0) is 23.8 Å². The molecule has 0 saturated heterocycles. The first kappa shape index (κ1) is 16.0. The number of benzene rings is 2. The van der Waals surface area contributed by atoms with Crippen molar-refractivity contribution in [1.82, 2.24) is 4.72 Å². The Morgan fingerprint density at radius 1 is 1.19 bits per heavy atom. The van der Waals surface area contributed by atoms with E-state index >= 15 is 0 Å². The molecule has 112 valence electrons. The van der Waals surface area contributed by atoms with Crippen LogP contribution in [0.1, 0.15) is 11.6 Å². The second-order valence-electron chi connectivity index (χ2n) is 4.45. The van der Waals surface area contributed by atoms with Gasteiger partial charge in [0.05, 0.1) is 18.3 Å². The second-order valence-corrected chi connectivity index (χ2v) is 7.05. The lowest BCUT2D eigenvalue weighted by molar-refractivity contribution is 0.259. The Labute approximate surface area is 132 Å². The van der Waals surface area contributed by atoms with Crippen molar-refractivity contribution in [2.24, 2.45) is 0 Å². The van der Waals surface area contributed by atoms with Gasteiger partial charge in [-0.2, -0.15) is 0 Å². The smallest absolute Gasteiger partial charge is 0.243 e. The summed E-state index contributed by atoms with van der Waals surface area (Å²) in [5, 5.41) is 9.45. The van der Waals surface area contributed by atoms with Crippen LogP contribution in [0.3, 0.4) is 0 Å². The quantitative estimate of drug-likeness (QED) is 0.702. The summed E-state index contributed by atoms with van der Waals surface area (Å²) in [6.07, 6.45) is 0. The van der Waals surface area contributed by atoms with Crippen LogP contribution < -0.4 is 10.5 Å². The molecule has 0 fully saturated rings. The second kappa shape index (κ2) is 6.57. The third-order valence-electron chi connectivity index (χ3n) is 2.95. The molecule has 0 aliphatic carbocycles. The molecule has 0 aliphatic heterocycles. The topological polar surface area (TPSA) is 92.4 Å². The van der Waals surface area contributed by atoms with Gasteiger partial charge in [0.1, 0.15) is 4.90 Å². The van der Waals surface area contributed by atoms with E-state index in [4.69, 9.17) is 5.73 Å². The fraction of sp³-hybridized carbons (Fsp3) is 0.143. The molecule has 0 radical (unpaired) electrons. The van der Waals surface area contributed by atoms with Crippen molar-refractivity contribution in [3.8, 4) is 0 Å². The summed E-state index contributed by atoms with van der Waals surface area (Å²) in [5.41, 5.74) is 6.56. The van der Waals surface area contributed by atoms with Crippen molar-refractivity contribution >= 4 is 31.6 Å². The molecule has 2 rings (SSSR count). The zero-order chi connectivity index (χ0) is 15.5. The maximum absolute atomic E-state index is 12.4. The Morgan fingerprint density at radius 3 is 2.48 bits per heavy atom. The van der Waals surface area contributed by atoms with Gasteiger partial charge in [-0.3, -0.25) is 0 Å². The standard InChI is InChI=1S/C14H15BrN2O3S/c15-11-6-7-12(16)14(8-11)21(19,20)17-13(9-18)10-4-2-1-3-5-10/h1-8,13,17-18H,9,16H2/t13-/m0/s1. The van der Waals surface area contributed by atoms with Crippen molar-refractivity contribution in [2.75, 3.05) is 12.3 Å². The zero-order valence-electron chi connectivity index (χ0n) is 11.0. The van der Waals surface area contributed by atoms with Crippen LogP contribution in [0.15, 0.2) is 57.9 Å². The minimum absolute atomic E-state index is 0.0220. The molecule has 2 aromatic carbocycles. The number of aliphatic hydroxyl groups excluding tert-OH is 1. The molecule has 0 bridgehead atoms. The molecular weight excluding hydrogens is 356 g/mol. The molecular formula is C14H15BrN2O3S. The minimum atomic E-state index is -3.84. The van der Waals surface area contributed by atoms with Gasteiger partial charge in [0.25, 0.3) is 0 Å². The summed E-state index contributed by atoms with van der Waals surface area (Å²) < 4.78 is 27.9. The number of aliphatic hydroxyl groups is 1. The third kappa shape index (κ3) is 3.82. The molecule has 2 aromatic rings. The summed E-state index contributed by atoms with van der Waals surface area (Å²) in [4.78, 5) is -0.0220. The van der Waals surface area contributed by atoms with Gasteiger partial charge in [0.2, 0.25) is 10.0 Å². The van der Waals surface area contributed by atoms with Crippen LogP contribution in [-0.2, 0) is 10.0 Å². The molecule has 0 saturated carbocycles. The van der Waals surface area contributed by atoms with Crippen molar-refractivity contribution in [3.63, 3.8) is 0 Å². The Morgan fingerprint density at radius 2 is 1.86 bits per heavy atom. The van der Waals surface area contributed by atoms with Crippen LogP contribution in [0.5, 0.6) is 0 Å². The highest BCUT2D eigenvalue weighted by atomic mass is 79.9. The Hall–Kier alpha value is -1.41. The first-order valence-electron chi connectivity index (χ1n) is 6.17. The predicted octanol–water partition coefficient (Wildman–Crippen LogP) is 2.04. The van der Waals surface area contributed by atoms with E-state index in [1.165, 1.54) is 12.1 Å². The number of anilines is 1. The van der Waals surface area contributed by atoms with Crippen molar-refractivity contribution in [1.29, 1.82) is 0 Å². The fourth-order valence-corrected chi connectivity index (χ4v) is 3.77. The number of nitrogen functional groups attached to an aromatic ring is 1. The SMILES string of the molecule is Nc1ccc(Br)cc1S(=O)(=O)N[C@@H](CO)c1ccccc1. The molecule has 0 heterocycles. The zero-order valence-corrected chi connectivity index (χ0v) is 13.4. The number of sulfonamides is 1. The molecule has 1 atom stereocenters. The van der Waals surface area contributed by atoms with Gasteiger partial charge in [0, 0.05) is 4.47 Å². The molecule has 5 nitrogen and oxygen atoms in total. The van der Waals surface area contributed by atoms with E-state index in [2.05, 4.69) is 20.7 Å². The van der Waals surface area contributed by atoms with Crippen molar-refractivity contribution in [2.45, 2.75) is 10.9 Å². The normalized spacial score (nSPS) is 13.0. The first-order valence-corrected chi connectivity index (χ1v) is 8.45. The van der Waals surface area contributed by atoms with Gasteiger partial charge < -0.3 is 10.8 Å². The number of nitrogens with one attached hydrogen (secondary N) is 1. The monoisotopic (exact) mass is 370 g/mol. The number of halogens is 1. The molecule has 0 unspecified atom stereocenters. The average molecular weight is 371 g/mol. The molecule has 7 heteroatoms. The largest absolute Gasteiger partial charge is 0.398 e. The minimum Gasteiger partial charge on any atom is -0.398 e. The Kier molecular flexibility index (Phi) is 5.00. The molecule has 21 heavy (non-hydrogen) atoms. The molecule has 0 aliphatic rings. The number of hydrogen-bond acceptors (Lipinski definition) is 4.